The second-order valence-electron chi connectivity index (χ2n) is 11.7. The highest BCUT2D eigenvalue weighted by molar-refractivity contribution is 5.95. The summed E-state index contributed by atoms with van der Waals surface area (Å²) in [7, 11) is 0. The van der Waals surface area contributed by atoms with Crippen molar-refractivity contribution in [1.29, 1.82) is 0 Å². The zero-order chi connectivity index (χ0) is 31.7. The van der Waals surface area contributed by atoms with Crippen molar-refractivity contribution in [2.75, 3.05) is 19.6 Å². The molecular weight excluding hydrogens is 558 g/mol. The van der Waals surface area contributed by atoms with E-state index in [2.05, 4.69) is 15.5 Å². The molecular formula is C34H39N5O5. The Labute approximate surface area is 257 Å². The molecule has 10 nitrogen and oxygen atoms in total. The number of piperidine rings is 1. The van der Waals surface area contributed by atoms with Crippen LogP contribution in [0.15, 0.2) is 48.5 Å². The molecule has 1 saturated heterocycles. The topological polar surface area (TPSA) is 141 Å². The molecule has 3 aromatic carbocycles. The number of carbonyl (C=O) groups excluding carboxylic acids is 2. The number of benzene rings is 3. The molecule has 0 aliphatic carbocycles. The summed E-state index contributed by atoms with van der Waals surface area (Å²) in [6.07, 6.45) is 1.67. The lowest BCUT2D eigenvalue weighted by Gasteiger charge is -2.32. The molecule has 10 heteroatoms. The summed E-state index contributed by atoms with van der Waals surface area (Å²) in [6.45, 7) is 11.1. The molecule has 1 aromatic heterocycles. The summed E-state index contributed by atoms with van der Waals surface area (Å²) in [5.41, 5.74) is 4.92. The number of aryl methyl sites for hydroxylation is 2. The first kappa shape index (κ1) is 30.6. The van der Waals surface area contributed by atoms with Gasteiger partial charge in [0.15, 0.2) is 5.82 Å². The van der Waals surface area contributed by atoms with Gasteiger partial charge in [0.1, 0.15) is 17.2 Å². The summed E-state index contributed by atoms with van der Waals surface area (Å²) in [5, 5.41) is 42.4. The Hall–Kier alpha value is -4.86. The molecule has 0 bridgehead atoms. The van der Waals surface area contributed by atoms with E-state index >= 15 is 0 Å². The number of rotatable bonds is 7. The second kappa shape index (κ2) is 12.4. The van der Waals surface area contributed by atoms with Crippen LogP contribution >= 0.6 is 0 Å². The van der Waals surface area contributed by atoms with Crippen LogP contribution in [0.2, 0.25) is 0 Å². The van der Waals surface area contributed by atoms with E-state index in [1.807, 2.05) is 44.7 Å². The second-order valence-corrected chi connectivity index (χ2v) is 11.7. The van der Waals surface area contributed by atoms with Gasteiger partial charge in [-0.3, -0.25) is 14.2 Å². The van der Waals surface area contributed by atoms with Gasteiger partial charge in [-0.25, -0.2) is 0 Å². The first-order valence-electron chi connectivity index (χ1n) is 15.0. The number of aromatic nitrogens is 3. The fourth-order valence-electron chi connectivity index (χ4n) is 5.90. The lowest BCUT2D eigenvalue weighted by Crippen LogP contribution is -2.37. The highest BCUT2D eigenvalue weighted by Gasteiger charge is 2.27. The van der Waals surface area contributed by atoms with Crippen molar-refractivity contribution in [3.63, 3.8) is 0 Å². The van der Waals surface area contributed by atoms with Crippen LogP contribution in [0, 0.1) is 13.8 Å². The van der Waals surface area contributed by atoms with E-state index in [9.17, 15) is 24.9 Å². The number of hydrogen-bond acceptors (Lipinski definition) is 7. The van der Waals surface area contributed by atoms with Crippen LogP contribution < -0.4 is 5.32 Å². The Morgan fingerprint density at radius 2 is 1.57 bits per heavy atom. The van der Waals surface area contributed by atoms with E-state index in [4.69, 9.17) is 0 Å². The van der Waals surface area contributed by atoms with Crippen LogP contribution in [-0.2, 0) is 0 Å². The number of likely N-dealkylation sites (tertiary alicyclic amines) is 1. The van der Waals surface area contributed by atoms with Gasteiger partial charge in [-0.2, -0.15) is 0 Å². The predicted octanol–water partition coefficient (Wildman–Crippen LogP) is 5.56. The summed E-state index contributed by atoms with van der Waals surface area (Å²) in [6, 6.07) is 13.9. The monoisotopic (exact) mass is 597 g/mol. The van der Waals surface area contributed by atoms with Crippen molar-refractivity contribution in [3.05, 3.63) is 82.2 Å². The normalized spacial score (nSPS) is 13.8. The summed E-state index contributed by atoms with van der Waals surface area (Å²) >= 11 is 0. The predicted molar refractivity (Wildman–Crippen MR) is 168 cm³/mol. The minimum atomic E-state index is -0.435. The smallest absolute Gasteiger partial charge is 0.289 e. The van der Waals surface area contributed by atoms with Gasteiger partial charge in [0.2, 0.25) is 5.82 Å². The van der Waals surface area contributed by atoms with E-state index in [0.717, 1.165) is 24.0 Å². The number of nitrogens with zero attached hydrogens (tertiary/aromatic N) is 4. The minimum Gasteiger partial charge on any atom is -0.508 e. The number of hydrogen-bond donors (Lipinski definition) is 4. The number of nitrogens with one attached hydrogen (secondary N) is 1. The molecule has 4 N–H and O–H groups in total. The fraction of sp³-hybridized carbons (Fsp3) is 0.353. The first-order chi connectivity index (χ1) is 21.0. The number of amides is 2. The average molecular weight is 598 g/mol. The molecule has 2 amide bonds. The number of carbonyl (C=O) groups is 2. The fourth-order valence-corrected chi connectivity index (χ4v) is 5.90. The third kappa shape index (κ3) is 5.84. The van der Waals surface area contributed by atoms with Gasteiger partial charge in [0, 0.05) is 37.0 Å². The van der Waals surface area contributed by atoms with Crippen molar-refractivity contribution >= 4 is 11.8 Å². The maximum Gasteiger partial charge on any atom is 0.289 e. The molecule has 0 spiro atoms. The van der Waals surface area contributed by atoms with Crippen LogP contribution in [0.1, 0.15) is 88.7 Å². The molecule has 2 heterocycles. The summed E-state index contributed by atoms with van der Waals surface area (Å²) in [5.74, 6) is 0.154. The molecule has 230 valence electrons. The molecule has 1 aliphatic rings. The van der Waals surface area contributed by atoms with Crippen molar-refractivity contribution in [2.45, 2.75) is 59.3 Å². The van der Waals surface area contributed by atoms with E-state index in [-0.39, 0.29) is 35.0 Å². The Balaban J connectivity index is 1.41. The molecule has 1 aliphatic heterocycles. The minimum absolute atomic E-state index is 0.0290. The van der Waals surface area contributed by atoms with Crippen LogP contribution in [0.4, 0.5) is 0 Å². The summed E-state index contributed by atoms with van der Waals surface area (Å²) in [4.78, 5) is 28.3. The molecule has 0 atom stereocenters. The SMILES string of the molecule is CCNC(=O)c1nnc(-c2cc(C(C)C)c(O)cc2O)n1-c1ccc(C(=O)N2CCC(c3cc(C)c(O)c(C)c3)CC2)cc1. The molecule has 1 fully saturated rings. The highest BCUT2D eigenvalue weighted by atomic mass is 16.3. The van der Waals surface area contributed by atoms with Gasteiger partial charge in [0.05, 0.1) is 5.56 Å². The van der Waals surface area contributed by atoms with Crippen molar-refractivity contribution in [2.24, 2.45) is 0 Å². The molecule has 0 saturated carbocycles. The maximum absolute atomic E-state index is 13.5. The summed E-state index contributed by atoms with van der Waals surface area (Å²) < 4.78 is 1.54. The van der Waals surface area contributed by atoms with Crippen molar-refractivity contribution in [3.8, 4) is 34.3 Å². The van der Waals surface area contributed by atoms with Crippen LogP contribution in [0.5, 0.6) is 17.2 Å². The Morgan fingerprint density at radius 1 is 0.932 bits per heavy atom. The van der Waals surface area contributed by atoms with Gasteiger partial charge in [0.25, 0.3) is 11.8 Å². The van der Waals surface area contributed by atoms with Gasteiger partial charge in [-0.05, 0) is 98.0 Å². The molecule has 44 heavy (non-hydrogen) atoms. The zero-order valence-corrected chi connectivity index (χ0v) is 25.8. The third-order valence-electron chi connectivity index (χ3n) is 8.35. The van der Waals surface area contributed by atoms with E-state index in [1.165, 1.54) is 11.6 Å². The van der Waals surface area contributed by atoms with E-state index in [0.29, 0.717) is 53.7 Å². The number of phenolic OH excluding ortho intramolecular Hbond substituents is 3. The Morgan fingerprint density at radius 3 is 2.16 bits per heavy atom. The number of phenols is 3. The first-order valence-corrected chi connectivity index (χ1v) is 15.0. The van der Waals surface area contributed by atoms with E-state index < -0.39 is 5.91 Å². The lowest BCUT2D eigenvalue weighted by molar-refractivity contribution is 0.0712. The van der Waals surface area contributed by atoms with E-state index in [1.54, 1.807) is 41.8 Å². The van der Waals surface area contributed by atoms with Crippen LogP contribution in [0.3, 0.4) is 0 Å². The Bertz CT molecular complexity index is 1680. The Kier molecular flexibility index (Phi) is 8.62. The molecule has 4 aromatic rings. The van der Waals surface area contributed by atoms with Gasteiger partial charge < -0.3 is 25.5 Å². The molecule has 0 radical (unpaired) electrons. The van der Waals surface area contributed by atoms with Crippen LogP contribution in [0.25, 0.3) is 17.1 Å². The lowest BCUT2D eigenvalue weighted by atomic mass is 9.87. The van der Waals surface area contributed by atoms with Gasteiger partial charge in [-0.1, -0.05) is 26.0 Å². The number of aromatic hydroxyl groups is 3. The standard InChI is InChI=1S/C34H39N5O5/c1-6-35-33(43)32-37-36-31(27-17-26(19(2)3)28(40)18-29(27)41)39(32)25-9-7-23(8-10-25)34(44)38-13-11-22(12-14-38)24-15-20(4)30(42)21(5)16-24/h7-10,15-19,22,40-42H,6,11-14H2,1-5H3,(H,35,43). The zero-order valence-electron chi connectivity index (χ0n) is 25.8. The maximum atomic E-state index is 13.5. The van der Waals surface area contributed by atoms with Crippen LogP contribution in [-0.4, -0.2) is 66.4 Å². The molecule has 0 unspecified atom stereocenters. The third-order valence-corrected chi connectivity index (χ3v) is 8.35. The van der Waals surface area contributed by atoms with Crippen molar-refractivity contribution in [1.82, 2.24) is 25.0 Å². The quantitative estimate of drug-likeness (QED) is 0.219. The molecule has 5 rings (SSSR count). The largest absolute Gasteiger partial charge is 0.508 e. The van der Waals surface area contributed by atoms with Gasteiger partial charge in [-0.15, -0.1) is 10.2 Å². The highest BCUT2D eigenvalue weighted by Crippen LogP contribution is 2.38. The van der Waals surface area contributed by atoms with Gasteiger partial charge >= 0.3 is 0 Å². The van der Waals surface area contributed by atoms with Crippen molar-refractivity contribution < 1.29 is 24.9 Å². The average Bonchev–Trinajstić information content (AvgIpc) is 3.44.